The van der Waals surface area contributed by atoms with Gasteiger partial charge in [0, 0.05) is 36.8 Å². The zero-order valence-corrected chi connectivity index (χ0v) is 22.3. The molecule has 1 aliphatic heterocycles. The van der Waals surface area contributed by atoms with Crippen molar-refractivity contribution in [2.45, 2.75) is 52.2 Å². The zero-order valence-electron chi connectivity index (χ0n) is 22.3. The van der Waals surface area contributed by atoms with Crippen LogP contribution in [0.5, 0.6) is 5.75 Å². The molecule has 38 heavy (non-hydrogen) atoms. The van der Waals surface area contributed by atoms with Crippen LogP contribution in [0.3, 0.4) is 0 Å². The molecule has 1 aromatic carbocycles. The molecule has 1 atom stereocenters. The lowest BCUT2D eigenvalue weighted by molar-refractivity contribution is 0.0769. The van der Waals surface area contributed by atoms with E-state index in [4.69, 9.17) is 19.2 Å². The van der Waals surface area contributed by atoms with Gasteiger partial charge in [0.05, 0.1) is 23.5 Å². The summed E-state index contributed by atoms with van der Waals surface area (Å²) in [6, 6.07) is 7.54. The SMILES string of the molecule is CNCC(O)COc1cccc(-c2nc(NC3CCN(CC(F)F)CC3)c(C)c(-c3c(C)noc3C)n2)c1. The molecule has 11 heteroatoms. The minimum absolute atomic E-state index is 0.103. The summed E-state index contributed by atoms with van der Waals surface area (Å²) >= 11 is 0. The van der Waals surface area contributed by atoms with E-state index in [1.54, 1.807) is 11.9 Å². The summed E-state index contributed by atoms with van der Waals surface area (Å²) in [5, 5.41) is 20.6. The van der Waals surface area contributed by atoms with E-state index in [2.05, 4.69) is 15.8 Å². The first-order chi connectivity index (χ1) is 18.2. The van der Waals surface area contributed by atoms with Crippen molar-refractivity contribution in [3.63, 3.8) is 0 Å². The molecular weight excluding hydrogens is 494 g/mol. The molecule has 1 fully saturated rings. The molecule has 4 rings (SSSR count). The standard InChI is InChI=1S/C27H36F2N6O3/c1-16-25(24-17(2)34-38-18(24)3)32-27(19-6-5-7-22(12-19)37-15-21(36)13-30-4)33-26(16)31-20-8-10-35(11-9-20)14-23(28)29/h5-7,12,20-21,23,30,36H,8-11,13-15H2,1-4H3,(H,31,32,33). The van der Waals surface area contributed by atoms with Gasteiger partial charge in [-0.05, 0) is 52.8 Å². The molecule has 0 aliphatic carbocycles. The largest absolute Gasteiger partial charge is 0.491 e. The average molecular weight is 531 g/mol. The molecule has 206 valence electrons. The van der Waals surface area contributed by atoms with Gasteiger partial charge in [-0.3, -0.25) is 4.90 Å². The fourth-order valence-electron chi connectivity index (χ4n) is 4.71. The highest BCUT2D eigenvalue weighted by Gasteiger charge is 2.25. The molecule has 1 saturated heterocycles. The molecule has 0 saturated carbocycles. The van der Waals surface area contributed by atoms with Crippen LogP contribution in [0.1, 0.15) is 29.9 Å². The van der Waals surface area contributed by atoms with Gasteiger partial charge in [0.1, 0.15) is 30.0 Å². The third-order valence-electron chi connectivity index (χ3n) is 6.71. The van der Waals surface area contributed by atoms with E-state index in [0.717, 1.165) is 40.9 Å². The normalized spacial score (nSPS) is 15.7. The minimum Gasteiger partial charge on any atom is -0.491 e. The molecule has 1 unspecified atom stereocenters. The minimum atomic E-state index is -2.32. The van der Waals surface area contributed by atoms with Crippen LogP contribution in [0, 0.1) is 20.8 Å². The summed E-state index contributed by atoms with van der Waals surface area (Å²) < 4.78 is 36.8. The Kier molecular flexibility index (Phi) is 9.24. The molecule has 0 amide bonds. The van der Waals surface area contributed by atoms with Crippen LogP contribution in [0.25, 0.3) is 22.6 Å². The lowest BCUT2D eigenvalue weighted by Crippen LogP contribution is -2.41. The lowest BCUT2D eigenvalue weighted by atomic mass is 10.0. The van der Waals surface area contributed by atoms with Crippen molar-refractivity contribution in [1.82, 2.24) is 25.3 Å². The number of aliphatic hydroxyl groups excluding tert-OH is 1. The number of ether oxygens (including phenoxy) is 1. The van der Waals surface area contributed by atoms with E-state index >= 15 is 0 Å². The van der Waals surface area contributed by atoms with E-state index in [1.165, 1.54) is 0 Å². The molecule has 3 aromatic rings. The number of hydrogen-bond donors (Lipinski definition) is 3. The Hall–Kier alpha value is -3.15. The third kappa shape index (κ3) is 6.83. The van der Waals surface area contributed by atoms with Crippen LogP contribution in [0.15, 0.2) is 28.8 Å². The van der Waals surface area contributed by atoms with Crippen LogP contribution in [0.2, 0.25) is 0 Å². The molecule has 3 heterocycles. The number of likely N-dealkylation sites (N-methyl/N-ethyl adjacent to an activating group) is 1. The fraction of sp³-hybridized carbons (Fsp3) is 0.519. The molecule has 0 spiro atoms. The first-order valence-electron chi connectivity index (χ1n) is 12.9. The highest BCUT2D eigenvalue weighted by Crippen LogP contribution is 2.34. The first kappa shape index (κ1) is 27.9. The van der Waals surface area contributed by atoms with Crippen LogP contribution in [-0.2, 0) is 0 Å². The summed E-state index contributed by atoms with van der Waals surface area (Å²) in [7, 11) is 1.77. The number of nitrogens with zero attached hydrogens (tertiary/aromatic N) is 4. The molecule has 0 bridgehead atoms. The highest BCUT2D eigenvalue weighted by atomic mass is 19.3. The Morgan fingerprint density at radius 3 is 2.61 bits per heavy atom. The number of nitrogens with one attached hydrogen (secondary N) is 2. The number of aryl methyl sites for hydroxylation is 2. The second kappa shape index (κ2) is 12.6. The summed E-state index contributed by atoms with van der Waals surface area (Å²) in [5.41, 5.74) is 3.90. The van der Waals surface area contributed by atoms with Gasteiger partial charge in [0.15, 0.2) is 5.82 Å². The van der Waals surface area contributed by atoms with Crippen LogP contribution >= 0.6 is 0 Å². The summed E-state index contributed by atoms with van der Waals surface area (Å²) in [5.74, 6) is 2.45. The van der Waals surface area contributed by atoms with E-state index in [0.29, 0.717) is 42.8 Å². The predicted octanol–water partition coefficient (Wildman–Crippen LogP) is 3.82. The summed E-state index contributed by atoms with van der Waals surface area (Å²) in [6.45, 7) is 7.30. The molecule has 3 N–H and O–H groups in total. The van der Waals surface area contributed by atoms with Crippen molar-refractivity contribution < 1.29 is 23.1 Å². The quantitative estimate of drug-likeness (QED) is 0.341. The second-order valence-corrected chi connectivity index (χ2v) is 9.73. The van der Waals surface area contributed by atoms with Crippen LogP contribution < -0.4 is 15.4 Å². The predicted molar refractivity (Wildman–Crippen MR) is 142 cm³/mol. The van der Waals surface area contributed by atoms with Gasteiger partial charge in [0.2, 0.25) is 0 Å². The average Bonchev–Trinajstić information content (AvgIpc) is 3.22. The smallest absolute Gasteiger partial charge is 0.251 e. The van der Waals surface area contributed by atoms with Crippen molar-refractivity contribution in [3.8, 4) is 28.4 Å². The number of likely N-dealkylation sites (tertiary alicyclic amines) is 1. The number of aliphatic hydroxyl groups is 1. The van der Waals surface area contributed by atoms with Gasteiger partial charge in [-0.15, -0.1) is 0 Å². The fourth-order valence-corrected chi connectivity index (χ4v) is 4.71. The Morgan fingerprint density at radius 1 is 1.18 bits per heavy atom. The molecule has 1 aliphatic rings. The number of benzene rings is 1. The Labute approximate surface area is 221 Å². The highest BCUT2D eigenvalue weighted by molar-refractivity contribution is 5.74. The Morgan fingerprint density at radius 2 is 1.95 bits per heavy atom. The molecule has 0 radical (unpaired) electrons. The van der Waals surface area contributed by atoms with Crippen molar-refractivity contribution in [2.75, 3.05) is 45.2 Å². The van der Waals surface area contributed by atoms with Crippen LogP contribution in [-0.4, -0.2) is 83.5 Å². The van der Waals surface area contributed by atoms with Crippen molar-refractivity contribution >= 4 is 5.82 Å². The summed E-state index contributed by atoms with van der Waals surface area (Å²) in [6.07, 6.45) is -1.47. The third-order valence-corrected chi connectivity index (χ3v) is 6.71. The van der Waals surface area contributed by atoms with Gasteiger partial charge >= 0.3 is 0 Å². The number of piperidine rings is 1. The monoisotopic (exact) mass is 530 g/mol. The maximum absolute atomic E-state index is 12.8. The second-order valence-electron chi connectivity index (χ2n) is 9.73. The lowest BCUT2D eigenvalue weighted by Gasteiger charge is -2.32. The Balaban J connectivity index is 1.64. The molecule has 9 nitrogen and oxygen atoms in total. The van der Waals surface area contributed by atoms with Gasteiger partial charge < -0.3 is 25.0 Å². The van der Waals surface area contributed by atoms with E-state index in [9.17, 15) is 13.9 Å². The van der Waals surface area contributed by atoms with E-state index in [-0.39, 0.29) is 19.2 Å². The Bertz CT molecular complexity index is 1190. The van der Waals surface area contributed by atoms with Crippen molar-refractivity contribution in [1.29, 1.82) is 0 Å². The first-order valence-corrected chi connectivity index (χ1v) is 12.9. The molecule has 2 aromatic heterocycles. The number of alkyl halides is 2. The number of anilines is 1. The maximum Gasteiger partial charge on any atom is 0.251 e. The van der Waals surface area contributed by atoms with Gasteiger partial charge in [0.25, 0.3) is 6.43 Å². The van der Waals surface area contributed by atoms with Crippen molar-refractivity contribution in [2.24, 2.45) is 0 Å². The van der Waals surface area contributed by atoms with Gasteiger partial charge in [-0.25, -0.2) is 18.7 Å². The van der Waals surface area contributed by atoms with E-state index in [1.807, 2.05) is 45.0 Å². The molecular formula is C27H36F2N6O3. The number of hydrogen-bond acceptors (Lipinski definition) is 9. The van der Waals surface area contributed by atoms with E-state index < -0.39 is 12.5 Å². The summed E-state index contributed by atoms with van der Waals surface area (Å²) in [4.78, 5) is 11.6. The number of halogens is 2. The topological polar surface area (TPSA) is 109 Å². The van der Waals surface area contributed by atoms with Crippen molar-refractivity contribution in [3.05, 3.63) is 41.3 Å². The van der Waals surface area contributed by atoms with Gasteiger partial charge in [-0.1, -0.05) is 17.3 Å². The van der Waals surface area contributed by atoms with Crippen LogP contribution in [0.4, 0.5) is 14.6 Å². The number of rotatable bonds is 11. The maximum atomic E-state index is 12.8. The van der Waals surface area contributed by atoms with Gasteiger partial charge in [-0.2, -0.15) is 0 Å². The zero-order chi connectivity index (χ0) is 27.2. The number of aromatic nitrogens is 3.